The number of hydrogen-bond acceptors (Lipinski definition) is 3. The van der Waals surface area contributed by atoms with Gasteiger partial charge in [-0.15, -0.1) is 0 Å². The summed E-state index contributed by atoms with van der Waals surface area (Å²) >= 11 is 0. The van der Waals surface area contributed by atoms with E-state index in [1.54, 1.807) is 6.92 Å². The van der Waals surface area contributed by atoms with Crippen molar-refractivity contribution >= 4 is 11.8 Å². The van der Waals surface area contributed by atoms with Gasteiger partial charge in [-0.25, -0.2) is 0 Å². The summed E-state index contributed by atoms with van der Waals surface area (Å²) in [5, 5.41) is 7.87. The van der Waals surface area contributed by atoms with E-state index in [0.717, 1.165) is 17.4 Å². The van der Waals surface area contributed by atoms with Gasteiger partial charge >= 0.3 is 5.97 Å². The summed E-state index contributed by atoms with van der Waals surface area (Å²) in [5.74, 6) is -0.159. The number of carbonyl (C=O) groups is 2. The maximum atomic E-state index is 10.7. The molecule has 0 aromatic heterocycles. The minimum atomic E-state index is -0.963. The van der Waals surface area contributed by atoms with Gasteiger partial charge in [0.1, 0.15) is 11.8 Å². The predicted octanol–water partition coefficient (Wildman–Crippen LogP) is 0.726. The molecule has 2 unspecified atom stereocenters. The molecule has 3 N–H and O–H groups in total. The van der Waals surface area contributed by atoms with Crippen LogP contribution in [0.3, 0.4) is 0 Å². The molecule has 0 saturated heterocycles. The van der Waals surface area contributed by atoms with E-state index in [1.165, 1.54) is 6.92 Å². The summed E-state index contributed by atoms with van der Waals surface area (Å²) in [6.45, 7) is 6.28. The smallest absolute Gasteiger partial charge is 0.320 e. The van der Waals surface area contributed by atoms with E-state index in [-0.39, 0.29) is 0 Å². The van der Waals surface area contributed by atoms with Crippen LogP contribution in [-0.2, 0) is 9.59 Å². The van der Waals surface area contributed by atoms with Crippen molar-refractivity contribution in [1.29, 1.82) is 0 Å². The Morgan fingerprint density at radius 2 is 1.59 bits per heavy atom. The first-order valence-electron chi connectivity index (χ1n) is 5.74. The summed E-state index contributed by atoms with van der Waals surface area (Å²) in [6, 6.07) is -0.731. The SMILES string of the molecule is CC(=O)CC(C)C[N+](C)(C)C.CC(N)C(=O)O. The fourth-order valence-electron chi connectivity index (χ4n) is 1.49. The predicted molar refractivity (Wildman–Crippen MR) is 68.6 cm³/mol. The van der Waals surface area contributed by atoms with Crippen molar-refractivity contribution < 1.29 is 19.2 Å². The van der Waals surface area contributed by atoms with Crippen LogP contribution in [0.2, 0.25) is 0 Å². The highest BCUT2D eigenvalue weighted by Gasteiger charge is 2.14. The second-order valence-corrected chi connectivity index (χ2v) is 5.61. The standard InChI is InChI=1S/C9H20NO.C3H7NO2/c1-8(6-9(2)11)7-10(3,4)5;1-2(4)3(5)6/h8H,6-7H2,1-5H3;2H,4H2,1H3,(H,5,6)/q+1;. The zero-order valence-electron chi connectivity index (χ0n) is 11.9. The molecule has 17 heavy (non-hydrogen) atoms. The van der Waals surface area contributed by atoms with E-state index in [4.69, 9.17) is 10.8 Å². The first-order chi connectivity index (χ1) is 7.45. The number of nitrogens with two attached hydrogens (primary N) is 1. The zero-order chi connectivity index (χ0) is 14.2. The van der Waals surface area contributed by atoms with Gasteiger partial charge < -0.3 is 20.1 Å². The van der Waals surface area contributed by atoms with Crippen molar-refractivity contribution in [2.24, 2.45) is 11.7 Å². The van der Waals surface area contributed by atoms with Gasteiger partial charge in [0, 0.05) is 12.3 Å². The number of rotatable bonds is 5. The highest BCUT2D eigenvalue weighted by atomic mass is 16.4. The van der Waals surface area contributed by atoms with E-state index in [9.17, 15) is 9.59 Å². The molecule has 0 rings (SSSR count). The lowest BCUT2D eigenvalue weighted by Gasteiger charge is -2.26. The van der Waals surface area contributed by atoms with E-state index < -0.39 is 12.0 Å². The minimum absolute atomic E-state index is 0.297. The molecule has 2 atom stereocenters. The largest absolute Gasteiger partial charge is 0.480 e. The molecule has 0 aliphatic carbocycles. The zero-order valence-corrected chi connectivity index (χ0v) is 11.9. The third kappa shape index (κ3) is 17.7. The Balaban J connectivity index is 0. The normalized spacial score (nSPS) is 14.3. The molecule has 0 aromatic rings. The van der Waals surface area contributed by atoms with Gasteiger partial charge in [-0.1, -0.05) is 6.92 Å². The first-order valence-corrected chi connectivity index (χ1v) is 5.74. The van der Waals surface area contributed by atoms with Crippen LogP contribution in [0.5, 0.6) is 0 Å². The lowest BCUT2D eigenvalue weighted by atomic mass is 10.0. The molecule has 0 heterocycles. The van der Waals surface area contributed by atoms with E-state index >= 15 is 0 Å². The number of nitrogens with zero attached hydrogens (tertiary/aromatic N) is 1. The van der Waals surface area contributed by atoms with Crippen molar-refractivity contribution in [2.75, 3.05) is 27.7 Å². The molecule has 102 valence electrons. The second kappa shape index (κ2) is 8.20. The highest BCUT2D eigenvalue weighted by Crippen LogP contribution is 2.06. The third-order valence-corrected chi connectivity index (χ3v) is 1.88. The molecule has 0 saturated carbocycles. The van der Waals surface area contributed by atoms with E-state index in [0.29, 0.717) is 11.7 Å². The van der Waals surface area contributed by atoms with Gasteiger partial charge in [-0.05, 0) is 13.8 Å². The fraction of sp³-hybridized carbons (Fsp3) is 0.833. The molecule has 0 amide bonds. The number of carboxylic acids is 1. The minimum Gasteiger partial charge on any atom is -0.480 e. The Morgan fingerprint density at radius 3 is 1.76 bits per heavy atom. The van der Waals surface area contributed by atoms with E-state index in [1.807, 2.05) is 0 Å². The summed E-state index contributed by atoms with van der Waals surface area (Å²) < 4.78 is 0.939. The number of hydrogen-bond donors (Lipinski definition) is 2. The summed E-state index contributed by atoms with van der Waals surface area (Å²) in [6.07, 6.45) is 0.718. The fourth-order valence-corrected chi connectivity index (χ4v) is 1.49. The summed E-state index contributed by atoms with van der Waals surface area (Å²) in [4.78, 5) is 20.3. The molecule has 0 aromatic carbocycles. The number of quaternary nitrogens is 1. The molecule has 0 radical (unpaired) electrons. The Bertz CT molecular complexity index is 245. The lowest BCUT2D eigenvalue weighted by molar-refractivity contribution is -0.873. The van der Waals surface area contributed by atoms with E-state index in [2.05, 4.69) is 28.1 Å². The van der Waals surface area contributed by atoms with Gasteiger partial charge in [0.2, 0.25) is 0 Å². The Hall–Kier alpha value is -0.940. The maximum Gasteiger partial charge on any atom is 0.320 e. The number of carboxylic acid groups (broad SMARTS) is 1. The molecular weight excluding hydrogens is 220 g/mol. The van der Waals surface area contributed by atoms with Gasteiger partial charge in [-0.2, -0.15) is 0 Å². The molecule has 0 aliphatic heterocycles. The van der Waals surface area contributed by atoms with Crippen LogP contribution >= 0.6 is 0 Å². The van der Waals surface area contributed by atoms with Crippen molar-refractivity contribution in [3.05, 3.63) is 0 Å². The molecule has 0 bridgehead atoms. The molecular formula is C12H27N2O3+. The van der Waals surface area contributed by atoms with Crippen LogP contribution in [0.4, 0.5) is 0 Å². The molecule has 5 nitrogen and oxygen atoms in total. The Labute approximate surface area is 104 Å². The number of ketones is 1. The third-order valence-electron chi connectivity index (χ3n) is 1.88. The number of Topliss-reactive ketones (excluding diaryl/α,β-unsaturated/α-hetero) is 1. The second-order valence-electron chi connectivity index (χ2n) is 5.61. The highest BCUT2D eigenvalue weighted by molar-refractivity contribution is 5.75. The first kappa shape index (κ1) is 18.4. The van der Waals surface area contributed by atoms with Crippen LogP contribution in [0.25, 0.3) is 0 Å². The molecule has 0 aliphatic rings. The van der Waals surface area contributed by atoms with Crippen LogP contribution < -0.4 is 5.73 Å². The molecule has 0 spiro atoms. The Kier molecular flexibility index (Phi) is 8.88. The molecule has 0 fully saturated rings. The van der Waals surface area contributed by atoms with Gasteiger partial charge in [0.25, 0.3) is 0 Å². The van der Waals surface area contributed by atoms with Crippen molar-refractivity contribution in [3.8, 4) is 0 Å². The van der Waals surface area contributed by atoms with Crippen LogP contribution in [-0.4, -0.2) is 55.1 Å². The van der Waals surface area contributed by atoms with Crippen molar-refractivity contribution in [1.82, 2.24) is 0 Å². The average molecular weight is 247 g/mol. The van der Waals surface area contributed by atoms with Crippen LogP contribution in [0.15, 0.2) is 0 Å². The number of carbonyl (C=O) groups excluding carboxylic acids is 1. The van der Waals surface area contributed by atoms with Gasteiger partial charge in [0.15, 0.2) is 0 Å². The van der Waals surface area contributed by atoms with Crippen LogP contribution in [0.1, 0.15) is 27.2 Å². The maximum absolute atomic E-state index is 10.7. The monoisotopic (exact) mass is 247 g/mol. The van der Waals surface area contributed by atoms with Crippen molar-refractivity contribution in [2.45, 2.75) is 33.2 Å². The summed E-state index contributed by atoms with van der Waals surface area (Å²) in [7, 11) is 6.45. The Morgan fingerprint density at radius 1 is 1.24 bits per heavy atom. The number of aliphatic carboxylic acids is 1. The van der Waals surface area contributed by atoms with Gasteiger partial charge in [0.05, 0.1) is 27.7 Å². The quantitative estimate of drug-likeness (QED) is 0.702. The van der Waals surface area contributed by atoms with Gasteiger partial charge in [-0.3, -0.25) is 4.79 Å². The molecule has 5 heteroatoms. The van der Waals surface area contributed by atoms with Crippen LogP contribution in [0, 0.1) is 5.92 Å². The van der Waals surface area contributed by atoms with Crippen molar-refractivity contribution in [3.63, 3.8) is 0 Å². The lowest BCUT2D eigenvalue weighted by Crippen LogP contribution is -2.38. The summed E-state index contributed by atoms with van der Waals surface area (Å²) in [5.41, 5.74) is 4.84. The average Bonchev–Trinajstić information content (AvgIpc) is 1.98. The topological polar surface area (TPSA) is 80.4 Å².